The van der Waals surface area contributed by atoms with E-state index in [2.05, 4.69) is 10.2 Å². The summed E-state index contributed by atoms with van der Waals surface area (Å²) in [5.41, 5.74) is 0. The third-order valence-corrected chi connectivity index (χ3v) is 1.73. The standard InChI is InChI=1S/C2H2N2S3.K.H/c5-1-3-4-2(6)7-1;;/h(H,3,5)(H,4,6);;. The van der Waals surface area contributed by atoms with Gasteiger partial charge in [0, 0.05) is 0 Å². The molecule has 2 nitrogen and oxygen atoms in total. The van der Waals surface area contributed by atoms with E-state index < -0.39 is 0 Å². The quantitative estimate of drug-likeness (QED) is 0.476. The molecule has 0 bridgehead atoms. The third-order valence-electron chi connectivity index (χ3n) is 0.452. The van der Waals surface area contributed by atoms with Gasteiger partial charge >= 0.3 is 51.4 Å². The summed E-state index contributed by atoms with van der Waals surface area (Å²) < 4.78 is 1.40. The van der Waals surface area contributed by atoms with Crippen LogP contribution in [0, 0.1) is 7.91 Å². The predicted octanol–water partition coefficient (Wildman–Crippen LogP) is 1.21. The van der Waals surface area contributed by atoms with E-state index in [0.717, 1.165) is 0 Å². The van der Waals surface area contributed by atoms with Crippen molar-refractivity contribution >= 4 is 87.2 Å². The van der Waals surface area contributed by atoms with Crippen LogP contribution in [0.25, 0.3) is 0 Å². The Bertz CT molecular complexity index is 220. The molecule has 0 fully saturated rings. The average Bonchev–Trinajstić information content (AvgIpc) is 1.87. The van der Waals surface area contributed by atoms with Gasteiger partial charge in [0.25, 0.3) is 0 Å². The van der Waals surface area contributed by atoms with Crippen LogP contribution < -0.4 is 0 Å². The van der Waals surface area contributed by atoms with E-state index in [-0.39, 0.29) is 51.4 Å². The van der Waals surface area contributed by atoms with Crippen LogP contribution >= 0.6 is 35.8 Å². The Morgan fingerprint density at radius 3 is 1.62 bits per heavy atom. The Kier molecular flexibility index (Phi) is 5.36. The molecule has 0 aliphatic carbocycles. The van der Waals surface area contributed by atoms with Crippen molar-refractivity contribution in [2.45, 2.75) is 0 Å². The summed E-state index contributed by atoms with van der Waals surface area (Å²) in [6, 6.07) is 0. The number of rotatable bonds is 0. The van der Waals surface area contributed by atoms with Crippen molar-refractivity contribution in [3.63, 3.8) is 0 Å². The summed E-state index contributed by atoms with van der Waals surface area (Å²) in [6.45, 7) is 0. The second-order valence-electron chi connectivity index (χ2n) is 0.927. The van der Waals surface area contributed by atoms with Crippen LogP contribution in [-0.2, 0) is 0 Å². The van der Waals surface area contributed by atoms with Crippen molar-refractivity contribution in [3.8, 4) is 0 Å². The molecular formula is C2H3KN2S3. The van der Waals surface area contributed by atoms with Crippen molar-refractivity contribution in [1.29, 1.82) is 0 Å². The van der Waals surface area contributed by atoms with Gasteiger partial charge in [-0.2, -0.15) is 0 Å². The SMILES string of the molecule is S=c1[nH][nH]c(=S)s1.[KH]. The fourth-order valence-corrected chi connectivity index (χ4v) is 1.37. The monoisotopic (exact) mass is 190 g/mol. The minimum atomic E-state index is 0. The van der Waals surface area contributed by atoms with E-state index in [1.54, 1.807) is 0 Å². The van der Waals surface area contributed by atoms with Gasteiger partial charge in [-0.05, 0) is 24.4 Å². The van der Waals surface area contributed by atoms with E-state index in [4.69, 9.17) is 24.4 Å². The van der Waals surface area contributed by atoms with Gasteiger partial charge in [0.2, 0.25) is 0 Å². The molecule has 0 aromatic carbocycles. The summed E-state index contributed by atoms with van der Waals surface area (Å²) >= 11 is 10.8. The molecular weight excluding hydrogens is 187 g/mol. The summed E-state index contributed by atoms with van der Waals surface area (Å²) in [6.07, 6.45) is 0. The normalized spacial score (nSPS) is 8.00. The number of nitrogens with one attached hydrogen (secondary N) is 2. The van der Waals surface area contributed by atoms with Crippen LogP contribution in [0.15, 0.2) is 0 Å². The fraction of sp³-hybridized carbons (Fsp3) is 0. The van der Waals surface area contributed by atoms with Crippen molar-refractivity contribution < 1.29 is 0 Å². The van der Waals surface area contributed by atoms with Gasteiger partial charge in [-0.3, -0.25) is 10.2 Å². The van der Waals surface area contributed by atoms with E-state index in [1.807, 2.05) is 0 Å². The van der Waals surface area contributed by atoms with E-state index in [1.165, 1.54) is 11.3 Å². The molecule has 6 heteroatoms. The summed E-state index contributed by atoms with van der Waals surface area (Å²) in [4.78, 5) is 0. The Hall–Kier alpha value is 1.64. The molecule has 8 heavy (non-hydrogen) atoms. The fourth-order valence-electron chi connectivity index (χ4n) is 0.237. The van der Waals surface area contributed by atoms with Gasteiger partial charge in [-0.15, -0.1) is 0 Å². The molecule has 1 rings (SSSR count). The molecule has 0 amide bonds. The van der Waals surface area contributed by atoms with Gasteiger partial charge in [-0.25, -0.2) is 0 Å². The maximum absolute atomic E-state index is 4.70. The number of H-pyrrole nitrogens is 2. The molecule has 0 saturated carbocycles. The Labute approximate surface area is 103 Å². The van der Waals surface area contributed by atoms with Crippen LogP contribution in [0.1, 0.15) is 0 Å². The van der Waals surface area contributed by atoms with Gasteiger partial charge in [-0.1, -0.05) is 11.3 Å². The zero-order valence-electron chi connectivity index (χ0n) is 3.22. The first-order valence-electron chi connectivity index (χ1n) is 1.57. The molecule has 0 aliphatic heterocycles. The predicted molar refractivity (Wildman–Crippen MR) is 41.8 cm³/mol. The van der Waals surface area contributed by atoms with E-state index >= 15 is 0 Å². The molecule has 0 unspecified atom stereocenters. The average molecular weight is 190 g/mol. The third kappa shape index (κ3) is 2.97. The summed E-state index contributed by atoms with van der Waals surface area (Å²) in [7, 11) is 0. The van der Waals surface area contributed by atoms with Crippen LogP contribution in [-0.4, -0.2) is 61.6 Å². The van der Waals surface area contributed by atoms with E-state index in [9.17, 15) is 0 Å². The molecule has 1 aromatic rings. The van der Waals surface area contributed by atoms with Gasteiger partial charge in [0.1, 0.15) is 0 Å². The topological polar surface area (TPSA) is 31.6 Å². The first-order chi connectivity index (χ1) is 3.29. The number of hydrogen-bond donors (Lipinski definition) is 2. The Balaban J connectivity index is 0.000000490. The number of hydrogen-bond acceptors (Lipinski definition) is 3. The van der Waals surface area contributed by atoms with E-state index in [0.29, 0.717) is 7.91 Å². The molecule has 40 valence electrons. The molecule has 0 radical (unpaired) electrons. The van der Waals surface area contributed by atoms with Gasteiger partial charge in [0.15, 0.2) is 7.91 Å². The molecule has 0 atom stereocenters. The number of aromatic nitrogens is 2. The molecule has 0 aliphatic rings. The van der Waals surface area contributed by atoms with Crippen molar-refractivity contribution in [2.24, 2.45) is 0 Å². The van der Waals surface area contributed by atoms with Crippen LogP contribution in [0.4, 0.5) is 0 Å². The van der Waals surface area contributed by atoms with Crippen LogP contribution in [0.3, 0.4) is 0 Å². The van der Waals surface area contributed by atoms with Crippen molar-refractivity contribution in [2.75, 3.05) is 0 Å². The molecule has 0 spiro atoms. The molecule has 1 heterocycles. The Morgan fingerprint density at radius 1 is 1.12 bits per heavy atom. The van der Waals surface area contributed by atoms with Crippen molar-refractivity contribution in [1.82, 2.24) is 10.2 Å². The number of aromatic amines is 2. The molecule has 1 aromatic heterocycles. The second kappa shape index (κ2) is 4.45. The van der Waals surface area contributed by atoms with Crippen LogP contribution in [0.2, 0.25) is 0 Å². The summed E-state index contributed by atoms with van der Waals surface area (Å²) in [5, 5.41) is 5.34. The maximum atomic E-state index is 4.70. The van der Waals surface area contributed by atoms with Crippen molar-refractivity contribution in [3.05, 3.63) is 7.91 Å². The second-order valence-corrected chi connectivity index (χ2v) is 3.28. The Morgan fingerprint density at radius 2 is 1.50 bits per heavy atom. The first kappa shape index (κ1) is 9.64. The zero-order valence-corrected chi connectivity index (χ0v) is 5.67. The van der Waals surface area contributed by atoms with Gasteiger partial charge < -0.3 is 0 Å². The van der Waals surface area contributed by atoms with Crippen LogP contribution in [0.5, 0.6) is 0 Å². The zero-order chi connectivity index (χ0) is 5.28. The van der Waals surface area contributed by atoms with Gasteiger partial charge in [0.05, 0.1) is 0 Å². The minimum absolute atomic E-state index is 0. The first-order valence-corrected chi connectivity index (χ1v) is 3.20. The molecule has 0 saturated heterocycles. The molecule has 2 N–H and O–H groups in total. The summed E-state index contributed by atoms with van der Waals surface area (Å²) in [5.74, 6) is 0.